The van der Waals surface area contributed by atoms with E-state index in [2.05, 4.69) is 34.4 Å². The average Bonchev–Trinajstić information content (AvgIpc) is 3.33. The summed E-state index contributed by atoms with van der Waals surface area (Å²) in [7, 11) is 0. The fourth-order valence-electron chi connectivity index (χ4n) is 5.42. The molecule has 4 atom stereocenters. The van der Waals surface area contributed by atoms with Gasteiger partial charge in [0.25, 0.3) is 0 Å². The number of benzene rings is 1. The first-order chi connectivity index (χ1) is 18.7. The standard InChI is InChI=1S/C29H38N6O4/c1-18-6-4-7-21(12-18)34-29(38)25-13-19(2)16-35(25)27(37)15-33-24-9-8-22(14-23(24)28(30)20(3)36)39-17-26-31-10-5-11-32-26/h5,8-11,14,18-19,21,25,30,33H,4,6-7,12-13,15-17H2,1-3H3,(H,34,38)/t18-,19?,21+,25-/m0/s1. The van der Waals surface area contributed by atoms with Crippen LogP contribution in [0.15, 0.2) is 36.7 Å². The number of rotatable bonds is 10. The summed E-state index contributed by atoms with van der Waals surface area (Å²) in [6.45, 7) is 6.18. The van der Waals surface area contributed by atoms with Crippen molar-refractivity contribution in [2.45, 2.75) is 71.6 Å². The number of anilines is 1. The van der Waals surface area contributed by atoms with Crippen LogP contribution in [0, 0.1) is 17.2 Å². The zero-order valence-corrected chi connectivity index (χ0v) is 22.9. The highest BCUT2D eigenvalue weighted by molar-refractivity contribution is 6.45. The molecule has 1 aromatic heterocycles. The molecular formula is C29H38N6O4. The maximum Gasteiger partial charge on any atom is 0.243 e. The van der Waals surface area contributed by atoms with Crippen LogP contribution in [-0.4, -0.2) is 63.4 Å². The smallest absolute Gasteiger partial charge is 0.243 e. The molecule has 1 aliphatic carbocycles. The number of amides is 2. The molecule has 208 valence electrons. The first-order valence-electron chi connectivity index (χ1n) is 13.7. The van der Waals surface area contributed by atoms with Gasteiger partial charge in [-0.1, -0.05) is 26.7 Å². The van der Waals surface area contributed by atoms with Crippen molar-refractivity contribution in [2.75, 3.05) is 18.4 Å². The number of aromatic nitrogens is 2. The molecule has 1 aliphatic heterocycles. The molecule has 1 saturated heterocycles. The van der Waals surface area contributed by atoms with Gasteiger partial charge >= 0.3 is 0 Å². The lowest BCUT2D eigenvalue weighted by atomic mass is 9.87. The van der Waals surface area contributed by atoms with Crippen molar-refractivity contribution in [3.63, 3.8) is 0 Å². The molecule has 2 aromatic rings. The van der Waals surface area contributed by atoms with Crippen molar-refractivity contribution in [2.24, 2.45) is 11.8 Å². The van der Waals surface area contributed by atoms with E-state index in [0.29, 0.717) is 41.7 Å². The number of hydrogen-bond acceptors (Lipinski definition) is 8. The van der Waals surface area contributed by atoms with E-state index in [1.807, 2.05) is 0 Å². The predicted octanol–water partition coefficient (Wildman–Crippen LogP) is 3.36. The third-order valence-electron chi connectivity index (χ3n) is 7.45. The highest BCUT2D eigenvalue weighted by Gasteiger charge is 2.38. The monoisotopic (exact) mass is 534 g/mol. The third kappa shape index (κ3) is 7.40. The molecule has 1 saturated carbocycles. The zero-order chi connectivity index (χ0) is 27.9. The van der Waals surface area contributed by atoms with Gasteiger partial charge in [0.05, 0.1) is 6.54 Å². The maximum atomic E-state index is 13.3. The van der Waals surface area contributed by atoms with Gasteiger partial charge in [-0.05, 0) is 55.4 Å². The first kappa shape index (κ1) is 28.2. The Morgan fingerprint density at radius 2 is 1.87 bits per heavy atom. The second-order valence-corrected chi connectivity index (χ2v) is 10.8. The van der Waals surface area contributed by atoms with Crippen LogP contribution in [-0.2, 0) is 21.0 Å². The van der Waals surface area contributed by atoms with E-state index in [4.69, 9.17) is 10.1 Å². The fraction of sp³-hybridized carbons (Fsp3) is 0.517. The Morgan fingerprint density at radius 3 is 2.59 bits per heavy atom. The van der Waals surface area contributed by atoms with Crippen LogP contribution in [0.3, 0.4) is 0 Å². The Kier molecular flexibility index (Phi) is 9.27. The van der Waals surface area contributed by atoms with Crippen molar-refractivity contribution in [1.82, 2.24) is 20.2 Å². The summed E-state index contributed by atoms with van der Waals surface area (Å²) in [4.78, 5) is 48.4. The van der Waals surface area contributed by atoms with Crippen molar-refractivity contribution < 1.29 is 19.1 Å². The van der Waals surface area contributed by atoms with Gasteiger partial charge in [-0.25, -0.2) is 9.97 Å². The highest BCUT2D eigenvalue weighted by atomic mass is 16.5. The van der Waals surface area contributed by atoms with Gasteiger partial charge in [-0.2, -0.15) is 0 Å². The van der Waals surface area contributed by atoms with Crippen LogP contribution >= 0.6 is 0 Å². The summed E-state index contributed by atoms with van der Waals surface area (Å²) < 4.78 is 5.77. The summed E-state index contributed by atoms with van der Waals surface area (Å²) in [5.74, 6) is 1.09. The van der Waals surface area contributed by atoms with E-state index >= 15 is 0 Å². The van der Waals surface area contributed by atoms with Gasteiger partial charge in [0.15, 0.2) is 11.6 Å². The number of ketones is 1. The van der Waals surface area contributed by atoms with Crippen LogP contribution in [0.5, 0.6) is 5.75 Å². The van der Waals surface area contributed by atoms with E-state index in [0.717, 1.165) is 19.3 Å². The lowest BCUT2D eigenvalue weighted by Gasteiger charge is -2.30. The minimum Gasteiger partial charge on any atom is -0.486 e. The number of nitrogens with one attached hydrogen (secondary N) is 3. The third-order valence-corrected chi connectivity index (χ3v) is 7.45. The molecule has 2 amide bonds. The molecule has 3 N–H and O–H groups in total. The van der Waals surface area contributed by atoms with Gasteiger partial charge in [-0.3, -0.25) is 19.8 Å². The molecule has 1 aromatic carbocycles. The van der Waals surface area contributed by atoms with Crippen LogP contribution in [0.4, 0.5) is 5.69 Å². The topological polar surface area (TPSA) is 137 Å². The molecule has 0 spiro atoms. The van der Waals surface area contributed by atoms with Crippen molar-refractivity contribution in [3.05, 3.63) is 48.0 Å². The van der Waals surface area contributed by atoms with Gasteiger partial charge in [0.2, 0.25) is 11.8 Å². The number of carbonyl (C=O) groups is 3. The number of Topliss-reactive ketones (excluding diaryl/α,β-unsaturated/α-hetero) is 1. The normalized spacial score (nSPS) is 22.7. The van der Waals surface area contributed by atoms with Gasteiger partial charge in [0, 0.05) is 43.2 Å². The number of ether oxygens (including phenoxy) is 1. The van der Waals surface area contributed by atoms with E-state index in [1.165, 1.54) is 13.3 Å². The molecule has 39 heavy (non-hydrogen) atoms. The van der Waals surface area contributed by atoms with E-state index < -0.39 is 11.8 Å². The van der Waals surface area contributed by atoms with Crippen molar-refractivity contribution in [1.29, 1.82) is 5.41 Å². The predicted molar refractivity (Wildman–Crippen MR) is 148 cm³/mol. The second-order valence-electron chi connectivity index (χ2n) is 10.8. The van der Waals surface area contributed by atoms with Crippen LogP contribution in [0.1, 0.15) is 64.3 Å². The number of likely N-dealkylation sites (tertiary alicyclic amines) is 1. The van der Waals surface area contributed by atoms with Crippen LogP contribution in [0.25, 0.3) is 0 Å². The summed E-state index contributed by atoms with van der Waals surface area (Å²) in [5.41, 5.74) is 0.605. The molecule has 4 rings (SSSR count). The largest absolute Gasteiger partial charge is 0.486 e. The number of hydrogen-bond donors (Lipinski definition) is 3. The van der Waals surface area contributed by atoms with E-state index in [1.54, 1.807) is 41.6 Å². The summed E-state index contributed by atoms with van der Waals surface area (Å²) in [5, 5.41) is 14.6. The Balaban J connectivity index is 1.41. The maximum absolute atomic E-state index is 13.3. The zero-order valence-electron chi connectivity index (χ0n) is 22.9. The van der Waals surface area contributed by atoms with Crippen LogP contribution < -0.4 is 15.4 Å². The molecule has 0 radical (unpaired) electrons. The lowest BCUT2D eigenvalue weighted by molar-refractivity contribution is -0.137. The molecule has 10 heteroatoms. The van der Waals surface area contributed by atoms with Crippen LogP contribution in [0.2, 0.25) is 0 Å². The summed E-state index contributed by atoms with van der Waals surface area (Å²) in [6, 6.07) is 6.37. The van der Waals surface area contributed by atoms with Crippen molar-refractivity contribution in [3.8, 4) is 5.75 Å². The van der Waals surface area contributed by atoms with E-state index in [9.17, 15) is 14.4 Å². The second kappa shape index (κ2) is 12.8. The molecular weight excluding hydrogens is 496 g/mol. The Morgan fingerprint density at radius 1 is 1.10 bits per heavy atom. The first-order valence-corrected chi connectivity index (χ1v) is 13.7. The van der Waals surface area contributed by atoms with Gasteiger partial charge < -0.3 is 20.3 Å². The molecule has 1 unspecified atom stereocenters. The Labute approximate surface area is 229 Å². The molecule has 0 bridgehead atoms. The Hall–Kier alpha value is -3.82. The van der Waals surface area contributed by atoms with E-state index in [-0.39, 0.29) is 42.6 Å². The summed E-state index contributed by atoms with van der Waals surface area (Å²) >= 11 is 0. The molecule has 2 fully saturated rings. The summed E-state index contributed by atoms with van der Waals surface area (Å²) in [6.07, 6.45) is 8.15. The molecule has 10 nitrogen and oxygen atoms in total. The molecule has 2 heterocycles. The van der Waals surface area contributed by atoms with Crippen molar-refractivity contribution >= 4 is 29.0 Å². The number of carbonyl (C=O) groups excluding carboxylic acids is 3. The SMILES string of the molecule is CC(=O)C(=N)c1cc(OCc2ncccn2)ccc1NCC(=O)N1CC(C)C[C@H]1C(=O)N[C@@H]1CCC[C@H](C)C1. The minimum absolute atomic E-state index is 0.0623. The average molecular weight is 535 g/mol. The van der Waals surface area contributed by atoms with Gasteiger partial charge in [-0.15, -0.1) is 0 Å². The quantitative estimate of drug-likeness (QED) is 0.398. The number of nitrogens with zero attached hydrogens (tertiary/aromatic N) is 3. The lowest BCUT2D eigenvalue weighted by Crippen LogP contribution is -2.50. The highest BCUT2D eigenvalue weighted by Crippen LogP contribution is 2.27. The van der Waals surface area contributed by atoms with Gasteiger partial charge in [0.1, 0.15) is 24.1 Å². The molecule has 2 aliphatic rings. The fourth-order valence-corrected chi connectivity index (χ4v) is 5.42. The minimum atomic E-state index is -0.488. The Bertz CT molecular complexity index is 1200.